The van der Waals surface area contributed by atoms with Crippen LogP contribution in [-0.4, -0.2) is 38.4 Å². The van der Waals surface area contributed by atoms with E-state index in [-0.39, 0.29) is 18.9 Å². The van der Waals surface area contributed by atoms with Crippen LogP contribution in [0.2, 0.25) is 0 Å². The predicted molar refractivity (Wildman–Crippen MR) is 113 cm³/mol. The Kier molecular flexibility index (Phi) is 6.02. The summed E-state index contributed by atoms with van der Waals surface area (Å²) in [6, 6.07) is 15.3. The van der Waals surface area contributed by atoms with Gasteiger partial charge in [-0.05, 0) is 43.3 Å². The molecule has 2 aromatic heterocycles. The Bertz CT molecular complexity index is 1150. The molecule has 0 saturated carbocycles. The van der Waals surface area contributed by atoms with Crippen molar-refractivity contribution in [2.24, 2.45) is 0 Å². The molecule has 4 aromatic rings. The zero-order valence-electron chi connectivity index (χ0n) is 17.3. The number of aromatic amines is 1. The maximum Gasteiger partial charge on any atom is 0.247 e. The number of H-pyrrole nitrogens is 1. The lowest BCUT2D eigenvalue weighted by molar-refractivity contribution is -0.121. The zero-order chi connectivity index (χ0) is 21.6. The molecule has 0 aliphatic rings. The third-order valence-electron chi connectivity index (χ3n) is 4.66. The fourth-order valence-electron chi connectivity index (χ4n) is 2.90. The fourth-order valence-corrected chi connectivity index (χ4v) is 2.90. The Morgan fingerprint density at radius 1 is 1.06 bits per heavy atom. The second-order valence-electron chi connectivity index (χ2n) is 6.98. The van der Waals surface area contributed by atoms with Gasteiger partial charge in [0.25, 0.3) is 0 Å². The van der Waals surface area contributed by atoms with Crippen LogP contribution in [0.5, 0.6) is 5.75 Å². The molecule has 0 atom stereocenters. The second-order valence-corrected chi connectivity index (χ2v) is 6.98. The highest BCUT2D eigenvalue weighted by Gasteiger charge is 2.12. The Morgan fingerprint density at radius 3 is 2.55 bits per heavy atom. The minimum absolute atomic E-state index is 0.141. The van der Waals surface area contributed by atoms with Crippen LogP contribution in [0.4, 0.5) is 0 Å². The molecule has 0 spiro atoms. The standard InChI is InChI=1S/C22H22N6O3/c1-14-3-5-16(6-4-14)22-28-26-20(31-22)12-11-19(29)23-13-18-24-21(27-25-18)15-7-9-17(30-2)10-8-15/h3-10H,11-13H2,1-2H3,(H,23,29)(H,24,25,27). The second kappa shape index (κ2) is 9.21. The van der Waals surface area contributed by atoms with Gasteiger partial charge in [0.05, 0.1) is 13.7 Å². The summed E-state index contributed by atoms with van der Waals surface area (Å²) >= 11 is 0. The molecule has 9 nitrogen and oxygen atoms in total. The van der Waals surface area contributed by atoms with Gasteiger partial charge in [0.2, 0.25) is 17.7 Å². The number of rotatable bonds is 8. The molecule has 2 heterocycles. The lowest BCUT2D eigenvalue weighted by Crippen LogP contribution is -2.23. The van der Waals surface area contributed by atoms with Crippen LogP contribution in [0.25, 0.3) is 22.8 Å². The number of nitrogens with zero attached hydrogens (tertiary/aromatic N) is 4. The van der Waals surface area contributed by atoms with E-state index in [1.807, 2.05) is 55.5 Å². The number of benzene rings is 2. The number of carbonyl (C=O) groups is 1. The molecule has 2 aromatic carbocycles. The molecular weight excluding hydrogens is 396 g/mol. The minimum atomic E-state index is -0.141. The van der Waals surface area contributed by atoms with Crippen molar-refractivity contribution >= 4 is 5.91 Å². The van der Waals surface area contributed by atoms with Gasteiger partial charge in [-0.25, -0.2) is 4.98 Å². The number of aromatic nitrogens is 5. The van der Waals surface area contributed by atoms with Gasteiger partial charge in [0.1, 0.15) is 11.6 Å². The largest absolute Gasteiger partial charge is 0.497 e. The van der Waals surface area contributed by atoms with Crippen molar-refractivity contribution in [2.45, 2.75) is 26.3 Å². The van der Waals surface area contributed by atoms with Crippen LogP contribution >= 0.6 is 0 Å². The van der Waals surface area contributed by atoms with Crippen molar-refractivity contribution in [3.63, 3.8) is 0 Å². The average molecular weight is 418 g/mol. The molecule has 2 N–H and O–H groups in total. The Morgan fingerprint density at radius 2 is 1.81 bits per heavy atom. The molecule has 0 unspecified atom stereocenters. The molecule has 9 heteroatoms. The summed E-state index contributed by atoms with van der Waals surface area (Å²) in [4.78, 5) is 16.6. The molecule has 0 saturated heterocycles. The molecule has 0 radical (unpaired) electrons. The number of hydrogen-bond acceptors (Lipinski definition) is 7. The lowest BCUT2D eigenvalue weighted by Gasteiger charge is -2.01. The van der Waals surface area contributed by atoms with Crippen LogP contribution in [0, 0.1) is 6.92 Å². The van der Waals surface area contributed by atoms with Crippen molar-refractivity contribution < 1.29 is 13.9 Å². The molecule has 0 aliphatic carbocycles. The van der Waals surface area contributed by atoms with Crippen molar-refractivity contribution in [3.05, 3.63) is 65.8 Å². The maximum atomic E-state index is 12.2. The van der Waals surface area contributed by atoms with E-state index in [0.29, 0.717) is 29.9 Å². The normalized spacial score (nSPS) is 10.8. The molecule has 0 fully saturated rings. The molecule has 31 heavy (non-hydrogen) atoms. The summed E-state index contributed by atoms with van der Waals surface area (Å²) in [5.41, 5.74) is 2.87. The first kappa shape index (κ1) is 20.3. The number of methoxy groups -OCH3 is 1. The van der Waals surface area contributed by atoms with Crippen molar-refractivity contribution in [1.82, 2.24) is 30.7 Å². The van der Waals surface area contributed by atoms with Gasteiger partial charge in [-0.1, -0.05) is 17.7 Å². The van der Waals surface area contributed by atoms with Crippen LogP contribution in [-0.2, 0) is 17.8 Å². The topological polar surface area (TPSA) is 119 Å². The Hall–Kier alpha value is -4.01. The van der Waals surface area contributed by atoms with Crippen molar-refractivity contribution in [3.8, 4) is 28.6 Å². The van der Waals surface area contributed by atoms with E-state index >= 15 is 0 Å². The molecule has 158 valence electrons. The molecular formula is C22H22N6O3. The SMILES string of the molecule is COc1ccc(-c2n[nH]c(CNC(=O)CCc3nnc(-c4ccc(C)cc4)o3)n2)cc1. The average Bonchev–Trinajstić information content (AvgIpc) is 3.47. The summed E-state index contributed by atoms with van der Waals surface area (Å²) in [5.74, 6) is 2.62. The minimum Gasteiger partial charge on any atom is -0.497 e. The lowest BCUT2D eigenvalue weighted by atomic mass is 10.1. The first-order valence-electron chi connectivity index (χ1n) is 9.82. The van der Waals surface area contributed by atoms with E-state index in [1.54, 1.807) is 7.11 Å². The first-order valence-corrected chi connectivity index (χ1v) is 9.82. The summed E-state index contributed by atoms with van der Waals surface area (Å²) in [6.45, 7) is 2.26. The fraction of sp³-hybridized carbons (Fsp3) is 0.227. The third kappa shape index (κ3) is 5.13. The number of carbonyl (C=O) groups excluding carboxylic acids is 1. The van der Waals surface area contributed by atoms with E-state index in [1.165, 1.54) is 0 Å². The highest BCUT2D eigenvalue weighted by molar-refractivity contribution is 5.75. The Labute approximate surface area is 178 Å². The quantitative estimate of drug-likeness (QED) is 0.451. The molecule has 1 amide bonds. The third-order valence-corrected chi connectivity index (χ3v) is 4.66. The summed E-state index contributed by atoms with van der Waals surface area (Å²) in [7, 11) is 1.62. The zero-order valence-corrected chi connectivity index (χ0v) is 17.3. The van der Waals surface area contributed by atoms with Crippen LogP contribution in [0.15, 0.2) is 52.9 Å². The van der Waals surface area contributed by atoms with Crippen LogP contribution in [0.3, 0.4) is 0 Å². The van der Waals surface area contributed by atoms with Gasteiger partial charge in [-0.3, -0.25) is 9.89 Å². The highest BCUT2D eigenvalue weighted by atomic mass is 16.5. The van der Waals surface area contributed by atoms with Gasteiger partial charge in [-0.2, -0.15) is 5.10 Å². The van der Waals surface area contributed by atoms with Crippen LogP contribution in [0.1, 0.15) is 23.7 Å². The van der Waals surface area contributed by atoms with Gasteiger partial charge < -0.3 is 14.5 Å². The van der Waals surface area contributed by atoms with Gasteiger partial charge in [-0.15, -0.1) is 10.2 Å². The number of aryl methyl sites for hydroxylation is 2. The van der Waals surface area contributed by atoms with Gasteiger partial charge in [0.15, 0.2) is 5.82 Å². The molecule has 0 aliphatic heterocycles. The van der Waals surface area contributed by atoms with E-state index in [0.717, 1.165) is 22.4 Å². The Balaban J connectivity index is 1.26. The smallest absolute Gasteiger partial charge is 0.247 e. The van der Waals surface area contributed by atoms with Crippen molar-refractivity contribution in [1.29, 1.82) is 0 Å². The summed E-state index contributed by atoms with van der Waals surface area (Å²) in [6.07, 6.45) is 0.590. The van der Waals surface area contributed by atoms with E-state index in [4.69, 9.17) is 9.15 Å². The first-order chi connectivity index (χ1) is 15.1. The molecule has 4 rings (SSSR count). The van der Waals surface area contributed by atoms with Gasteiger partial charge >= 0.3 is 0 Å². The highest BCUT2D eigenvalue weighted by Crippen LogP contribution is 2.20. The number of nitrogens with one attached hydrogen (secondary N) is 2. The van der Waals surface area contributed by atoms with E-state index in [2.05, 4.69) is 30.7 Å². The number of ether oxygens (including phenoxy) is 1. The van der Waals surface area contributed by atoms with Crippen LogP contribution < -0.4 is 10.1 Å². The predicted octanol–water partition coefficient (Wildman–Crippen LogP) is 3.09. The van der Waals surface area contributed by atoms with E-state index < -0.39 is 0 Å². The van der Waals surface area contributed by atoms with E-state index in [9.17, 15) is 4.79 Å². The van der Waals surface area contributed by atoms with Crippen molar-refractivity contribution in [2.75, 3.05) is 7.11 Å². The number of hydrogen-bond donors (Lipinski definition) is 2. The molecule has 0 bridgehead atoms. The number of amides is 1. The summed E-state index contributed by atoms with van der Waals surface area (Å²) in [5, 5.41) is 17.9. The summed E-state index contributed by atoms with van der Waals surface area (Å²) < 4.78 is 10.8. The maximum absolute atomic E-state index is 12.2. The van der Waals surface area contributed by atoms with Gasteiger partial charge in [0, 0.05) is 24.0 Å². The monoisotopic (exact) mass is 418 g/mol.